The van der Waals surface area contributed by atoms with Crippen molar-refractivity contribution in [3.05, 3.63) is 52.2 Å². The first-order chi connectivity index (χ1) is 6.79. The number of aromatic nitrogens is 1. The lowest BCUT2D eigenvalue weighted by molar-refractivity contribution is 0.103. The molecule has 0 atom stereocenters. The van der Waals surface area contributed by atoms with Crippen molar-refractivity contribution in [3.8, 4) is 0 Å². The Labute approximate surface area is 84.0 Å². The number of nitrogens with zero attached hydrogens (tertiary/aromatic N) is 1. The van der Waals surface area contributed by atoms with E-state index in [2.05, 4.69) is 4.98 Å². The smallest absolute Gasteiger partial charge is 0.207 e. The Kier molecular flexibility index (Phi) is 2.37. The fourth-order valence-corrected chi connectivity index (χ4v) is 1.81. The second-order valence-electron chi connectivity index (χ2n) is 2.67. The summed E-state index contributed by atoms with van der Waals surface area (Å²) in [5.74, 6) is -0.783. The number of hydrogen-bond donors (Lipinski definition) is 0. The maximum Gasteiger partial charge on any atom is 0.207 e. The molecule has 2 aromatic rings. The number of carbonyl (C=O) groups is 1. The van der Waals surface area contributed by atoms with Crippen LogP contribution in [0.5, 0.6) is 0 Å². The Morgan fingerprint density at radius 1 is 1.43 bits per heavy atom. The second-order valence-corrected chi connectivity index (χ2v) is 3.58. The molecule has 0 aromatic carbocycles. The van der Waals surface area contributed by atoms with E-state index in [-0.39, 0.29) is 10.7 Å². The lowest BCUT2D eigenvalue weighted by Gasteiger charge is -1.96. The molecule has 70 valence electrons. The van der Waals surface area contributed by atoms with Gasteiger partial charge in [0.05, 0.1) is 0 Å². The van der Waals surface area contributed by atoms with Gasteiger partial charge in [0, 0.05) is 18.0 Å². The molecule has 0 aliphatic heterocycles. The zero-order valence-electron chi connectivity index (χ0n) is 7.11. The molecule has 2 nitrogen and oxygen atoms in total. The van der Waals surface area contributed by atoms with Gasteiger partial charge in [-0.3, -0.25) is 9.78 Å². The minimum atomic E-state index is -0.469. The highest BCUT2D eigenvalue weighted by molar-refractivity contribution is 7.12. The molecule has 2 aromatic heterocycles. The molecule has 0 saturated carbocycles. The molecule has 0 amide bonds. The number of thiophene rings is 1. The van der Waals surface area contributed by atoms with E-state index in [0.717, 1.165) is 11.3 Å². The van der Waals surface area contributed by atoms with E-state index >= 15 is 0 Å². The molecule has 0 aliphatic rings. The highest BCUT2D eigenvalue weighted by Gasteiger charge is 2.14. The standard InChI is InChI=1S/C10H6FNOS/c11-8-3-5-14-10(8)9(13)7-2-1-4-12-6-7/h1-6H. The Morgan fingerprint density at radius 3 is 2.86 bits per heavy atom. The SMILES string of the molecule is O=C(c1cccnc1)c1sccc1F. The molecule has 4 heteroatoms. The van der Waals surface area contributed by atoms with Crippen molar-refractivity contribution in [3.63, 3.8) is 0 Å². The van der Waals surface area contributed by atoms with Gasteiger partial charge in [0.15, 0.2) is 0 Å². The highest BCUT2D eigenvalue weighted by Crippen LogP contribution is 2.18. The van der Waals surface area contributed by atoms with E-state index in [1.807, 2.05) is 0 Å². The summed E-state index contributed by atoms with van der Waals surface area (Å²) in [4.78, 5) is 15.6. The summed E-state index contributed by atoms with van der Waals surface area (Å²) in [7, 11) is 0. The average Bonchev–Trinajstić information content (AvgIpc) is 2.65. The summed E-state index contributed by atoms with van der Waals surface area (Å²) in [6.45, 7) is 0. The van der Waals surface area contributed by atoms with Crippen LogP contribution in [0.2, 0.25) is 0 Å². The topological polar surface area (TPSA) is 30.0 Å². The van der Waals surface area contributed by atoms with Crippen molar-refractivity contribution in [1.29, 1.82) is 0 Å². The number of carbonyl (C=O) groups excluding carboxylic acids is 1. The van der Waals surface area contributed by atoms with Crippen LogP contribution in [0.3, 0.4) is 0 Å². The molecule has 2 rings (SSSR count). The number of ketones is 1. The van der Waals surface area contributed by atoms with Crippen molar-refractivity contribution in [2.75, 3.05) is 0 Å². The van der Waals surface area contributed by atoms with Gasteiger partial charge < -0.3 is 0 Å². The molecular formula is C10H6FNOS. The molecule has 0 fully saturated rings. The predicted octanol–water partition coefficient (Wildman–Crippen LogP) is 2.51. The van der Waals surface area contributed by atoms with Gasteiger partial charge in [0.2, 0.25) is 5.78 Å². The third-order valence-electron chi connectivity index (χ3n) is 1.75. The fourth-order valence-electron chi connectivity index (χ4n) is 1.08. The van der Waals surface area contributed by atoms with Crippen LogP contribution in [-0.2, 0) is 0 Å². The third kappa shape index (κ3) is 1.56. The zero-order chi connectivity index (χ0) is 9.97. The van der Waals surface area contributed by atoms with Crippen molar-refractivity contribution >= 4 is 17.1 Å². The Balaban J connectivity index is 2.39. The van der Waals surface area contributed by atoms with Gasteiger partial charge in [-0.2, -0.15) is 0 Å². The van der Waals surface area contributed by atoms with E-state index in [0.29, 0.717) is 5.56 Å². The fraction of sp³-hybridized carbons (Fsp3) is 0. The van der Waals surface area contributed by atoms with Crippen molar-refractivity contribution < 1.29 is 9.18 Å². The molecule has 2 heterocycles. The molecule has 14 heavy (non-hydrogen) atoms. The molecule has 0 unspecified atom stereocenters. The first kappa shape index (κ1) is 9.02. The quantitative estimate of drug-likeness (QED) is 0.708. The summed E-state index contributed by atoms with van der Waals surface area (Å²) >= 11 is 1.10. The van der Waals surface area contributed by atoms with Gasteiger partial charge >= 0.3 is 0 Å². The first-order valence-electron chi connectivity index (χ1n) is 3.97. The van der Waals surface area contributed by atoms with Gasteiger partial charge in [-0.25, -0.2) is 4.39 Å². The second kappa shape index (κ2) is 3.67. The average molecular weight is 207 g/mol. The van der Waals surface area contributed by atoms with Crippen LogP contribution in [0, 0.1) is 5.82 Å². The minimum absolute atomic E-state index is 0.137. The van der Waals surface area contributed by atoms with Gasteiger partial charge in [-0.15, -0.1) is 11.3 Å². The summed E-state index contributed by atoms with van der Waals surface area (Å²) in [5, 5.41) is 1.55. The largest absolute Gasteiger partial charge is 0.288 e. The summed E-state index contributed by atoms with van der Waals surface area (Å²) in [6, 6.07) is 4.56. The van der Waals surface area contributed by atoms with E-state index < -0.39 is 5.82 Å². The summed E-state index contributed by atoms with van der Waals surface area (Å²) in [5.41, 5.74) is 0.411. The van der Waals surface area contributed by atoms with Crippen molar-refractivity contribution in [1.82, 2.24) is 4.98 Å². The van der Waals surface area contributed by atoms with Crippen molar-refractivity contribution in [2.24, 2.45) is 0 Å². The van der Waals surface area contributed by atoms with Crippen LogP contribution in [0.4, 0.5) is 4.39 Å². The predicted molar refractivity (Wildman–Crippen MR) is 51.9 cm³/mol. The van der Waals surface area contributed by atoms with Crippen molar-refractivity contribution in [2.45, 2.75) is 0 Å². The lowest BCUT2D eigenvalue weighted by Crippen LogP contribution is -2.00. The van der Waals surface area contributed by atoms with E-state index in [1.165, 1.54) is 12.3 Å². The van der Waals surface area contributed by atoms with Crippen LogP contribution >= 0.6 is 11.3 Å². The number of hydrogen-bond acceptors (Lipinski definition) is 3. The normalized spacial score (nSPS) is 10.1. The maximum absolute atomic E-state index is 13.1. The third-order valence-corrected chi connectivity index (χ3v) is 2.64. The number of halogens is 1. The summed E-state index contributed by atoms with van der Waals surface area (Å²) < 4.78 is 13.1. The molecular weight excluding hydrogens is 201 g/mol. The molecule has 0 bridgehead atoms. The number of pyridine rings is 1. The minimum Gasteiger partial charge on any atom is -0.288 e. The van der Waals surface area contributed by atoms with Crippen LogP contribution in [-0.4, -0.2) is 10.8 Å². The highest BCUT2D eigenvalue weighted by atomic mass is 32.1. The Bertz CT molecular complexity index is 452. The Morgan fingerprint density at radius 2 is 2.29 bits per heavy atom. The van der Waals surface area contributed by atoms with Crippen LogP contribution in [0.1, 0.15) is 15.2 Å². The molecule has 0 N–H and O–H groups in total. The molecule has 0 aliphatic carbocycles. The van der Waals surface area contributed by atoms with Gasteiger partial charge in [-0.1, -0.05) is 0 Å². The van der Waals surface area contributed by atoms with Gasteiger partial charge in [0.1, 0.15) is 10.7 Å². The van der Waals surface area contributed by atoms with Gasteiger partial charge in [0.25, 0.3) is 0 Å². The summed E-state index contributed by atoms with van der Waals surface area (Å²) in [6.07, 6.45) is 3.00. The Hall–Kier alpha value is -1.55. The van der Waals surface area contributed by atoms with E-state index in [4.69, 9.17) is 0 Å². The lowest BCUT2D eigenvalue weighted by atomic mass is 10.1. The van der Waals surface area contributed by atoms with Gasteiger partial charge in [-0.05, 0) is 23.6 Å². The maximum atomic E-state index is 13.1. The molecule has 0 radical (unpaired) electrons. The van der Waals surface area contributed by atoms with Crippen LogP contribution in [0.25, 0.3) is 0 Å². The molecule has 0 spiro atoms. The monoisotopic (exact) mass is 207 g/mol. The van der Waals surface area contributed by atoms with Crippen LogP contribution in [0.15, 0.2) is 36.0 Å². The van der Waals surface area contributed by atoms with E-state index in [9.17, 15) is 9.18 Å². The first-order valence-corrected chi connectivity index (χ1v) is 4.85. The van der Waals surface area contributed by atoms with Crippen LogP contribution < -0.4 is 0 Å². The zero-order valence-corrected chi connectivity index (χ0v) is 7.92. The molecule has 0 saturated heterocycles. The number of rotatable bonds is 2. The van der Waals surface area contributed by atoms with E-state index in [1.54, 1.807) is 23.7 Å².